The Morgan fingerprint density at radius 1 is 1.24 bits per heavy atom. The quantitative estimate of drug-likeness (QED) is 0.655. The molecule has 0 aliphatic carbocycles. The van der Waals surface area contributed by atoms with Gasteiger partial charge in [-0.15, -0.1) is 0 Å². The number of furan rings is 1. The van der Waals surface area contributed by atoms with E-state index in [4.69, 9.17) is 8.94 Å². The van der Waals surface area contributed by atoms with Gasteiger partial charge in [0.15, 0.2) is 0 Å². The molecular formula is C19H20N4O5S. The van der Waals surface area contributed by atoms with Crippen molar-refractivity contribution in [2.75, 3.05) is 13.1 Å². The largest absolute Gasteiger partial charge is 0.468 e. The lowest BCUT2D eigenvalue weighted by Gasteiger charge is -2.11. The highest BCUT2D eigenvalue weighted by Gasteiger charge is 2.25. The van der Waals surface area contributed by atoms with Crippen LogP contribution in [0.4, 0.5) is 0 Å². The molecule has 0 spiro atoms. The fraction of sp³-hybridized carbons (Fsp3) is 0.316. The van der Waals surface area contributed by atoms with Crippen LogP contribution in [0.25, 0.3) is 11.4 Å². The van der Waals surface area contributed by atoms with Crippen molar-refractivity contribution in [2.45, 2.75) is 31.2 Å². The van der Waals surface area contributed by atoms with E-state index in [9.17, 15) is 13.2 Å². The van der Waals surface area contributed by atoms with Gasteiger partial charge in [-0.2, -0.15) is 4.98 Å². The second kappa shape index (κ2) is 7.80. The molecule has 0 bridgehead atoms. The molecule has 1 aliphatic heterocycles. The van der Waals surface area contributed by atoms with E-state index in [1.807, 2.05) is 0 Å². The monoisotopic (exact) mass is 416 g/mol. The van der Waals surface area contributed by atoms with Gasteiger partial charge in [0.25, 0.3) is 0 Å². The van der Waals surface area contributed by atoms with Crippen molar-refractivity contribution < 1.29 is 22.2 Å². The zero-order chi connectivity index (χ0) is 20.4. The van der Waals surface area contributed by atoms with Crippen molar-refractivity contribution >= 4 is 15.9 Å². The first-order chi connectivity index (χ1) is 13.9. The number of aryl methyl sites for hydroxylation is 1. The molecule has 0 atom stereocenters. The summed E-state index contributed by atoms with van der Waals surface area (Å²) in [5, 5.41) is 3.85. The van der Waals surface area contributed by atoms with E-state index < -0.39 is 10.0 Å². The third-order valence-corrected chi connectivity index (χ3v) is 6.30. The topological polar surface area (TPSA) is 119 Å². The van der Waals surface area contributed by atoms with Crippen molar-refractivity contribution in [3.63, 3.8) is 0 Å². The maximum absolute atomic E-state index is 12.7. The smallest absolute Gasteiger partial charge is 0.316 e. The second-order valence-corrected chi connectivity index (χ2v) is 8.54. The molecule has 9 nitrogen and oxygen atoms in total. The summed E-state index contributed by atoms with van der Waals surface area (Å²) in [6.07, 6.45) is 3.39. The Kier molecular flexibility index (Phi) is 5.20. The number of hydrogen-bond acceptors (Lipinski definition) is 7. The van der Waals surface area contributed by atoms with Crippen molar-refractivity contribution in [3.8, 4) is 11.4 Å². The molecule has 1 N–H and O–H groups in total. The van der Waals surface area contributed by atoms with E-state index in [1.54, 1.807) is 36.1 Å². The van der Waals surface area contributed by atoms with E-state index in [-0.39, 0.29) is 29.1 Å². The van der Waals surface area contributed by atoms with Crippen molar-refractivity contribution in [2.24, 2.45) is 0 Å². The Balaban J connectivity index is 1.57. The van der Waals surface area contributed by atoms with E-state index in [2.05, 4.69) is 14.9 Å². The predicted octanol–water partition coefficient (Wildman–Crippen LogP) is 2.35. The highest BCUT2D eigenvalue weighted by atomic mass is 32.2. The molecule has 0 unspecified atom stereocenters. The first kappa shape index (κ1) is 19.3. The first-order valence-corrected chi connectivity index (χ1v) is 10.7. The number of likely N-dealkylation sites (tertiary alicyclic amines) is 1. The number of nitrogens with zero attached hydrogens (tertiary/aromatic N) is 3. The van der Waals surface area contributed by atoms with E-state index >= 15 is 0 Å². The number of amides is 1. The molecule has 1 amide bonds. The van der Waals surface area contributed by atoms with Crippen LogP contribution >= 0.6 is 0 Å². The van der Waals surface area contributed by atoms with Crippen LogP contribution in [0.5, 0.6) is 0 Å². The number of carbonyl (C=O) groups is 1. The fourth-order valence-corrected chi connectivity index (χ4v) is 4.43. The Hall–Kier alpha value is -2.98. The minimum Gasteiger partial charge on any atom is -0.468 e. The molecule has 3 heterocycles. The molecule has 1 aliphatic rings. The van der Waals surface area contributed by atoms with E-state index in [1.165, 1.54) is 12.3 Å². The van der Waals surface area contributed by atoms with E-state index in [0.29, 0.717) is 30.0 Å². The average Bonchev–Trinajstić information content (AvgIpc) is 3.49. The van der Waals surface area contributed by atoms with Crippen LogP contribution < -0.4 is 4.72 Å². The van der Waals surface area contributed by atoms with Gasteiger partial charge in [-0.1, -0.05) is 17.3 Å². The van der Waals surface area contributed by atoms with Gasteiger partial charge in [0.1, 0.15) is 5.76 Å². The minimum atomic E-state index is -3.79. The number of rotatable bonds is 6. The summed E-state index contributed by atoms with van der Waals surface area (Å²) < 4.78 is 38.3. The maximum Gasteiger partial charge on any atom is 0.316 e. The van der Waals surface area contributed by atoms with Gasteiger partial charge >= 0.3 is 11.8 Å². The standard InChI is InChI=1S/C19H20N4O5S/c1-13-6-7-14(11-16(13)29(25,26)20-12-15-5-4-10-27-15)17-21-18(28-22-17)19(24)23-8-2-3-9-23/h4-7,10-11,20H,2-3,8-9,12H2,1H3. The van der Waals surface area contributed by atoms with Gasteiger partial charge in [0, 0.05) is 18.7 Å². The molecule has 152 valence electrons. The zero-order valence-corrected chi connectivity index (χ0v) is 16.6. The minimum absolute atomic E-state index is 0.0374. The lowest BCUT2D eigenvalue weighted by molar-refractivity contribution is 0.0743. The van der Waals surface area contributed by atoms with Crippen LogP contribution in [0, 0.1) is 6.92 Å². The SMILES string of the molecule is Cc1ccc(-c2noc(C(=O)N3CCCC3)n2)cc1S(=O)(=O)NCc1ccco1. The summed E-state index contributed by atoms with van der Waals surface area (Å²) in [6, 6.07) is 8.19. The van der Waals surface area contributed by atoms with Crippen LogP contribution in [0.2, 0.25) is 0 Å². The van der Waals surface area contributed by atoms with Gasteiger partial charge in [-0.3, -0.25) is 4.79 Å². The molecule has 3 aromatic rings. The van der Waals surface area contributed by atoms with E-state index in [0.717, 1.165) is 12.8 Å². The Labute approximate surface area is 167 Å². The lowest BCUT2D eigenvalue weighted by Crippen LogP contribution is -2.27. The summed E-state index contributed by atoms with van der Waals surface area (Å²) >= 11 is 0. The van der Waals surface area contributed by atoms with Crippen molar-refractivity contribution in [1.82, 2.24) is 19.8 Å². The number of nitrogens with one attached hydrogen (secondary N) is 1. The van der Waals surface area contributed by atoms with Crippen LogP contribution in [0.3, 0.4) is 0 Å². The number of sulfonamides is 1. The highest BCUT2D eigenvalue weighted by Crippen LogP contribution is 2.24. The normalized spacial score (nSPS) is 14.4. The fourth-order valence-electron chi connectivity index (χ4n) is 3.17. The van der Waals surface area contributed by atoms with Gasteiger partial charge in [0.2, 0.25) is 15.8 Å². The van der Waals surface area contributed by atoms with Crippen LogP contribution in [0.15, 0.2) is 50.4 Å². The molecule has 1 aromatic carbocycles. The molecule has 0 radical (unpaired) electrons. The molecule has 1 fully saturated rings. The van der Waals surface area contributed by atoms with Gasteiger partial charge in [-0.05, 0) is 43.5 Å². The Bertz CT molecular complexity index is 1120. The molecular weight excluding hydrogens is 396 g/mol. The van der Waals surface area contributed by atoms with Gasteiger partial charge in [-0.25, -0.2) is 13.1 Å². The van der Waals surface area contributed by atoms with Crippen LogP contribution in [0.1, 0.15) is 34.9 Å². The number of carbonyl (C=O) groups excluding carboxylic acids is 1. The third kappa shape index (κ3) is 4.08. The predicted molar refractivity (Wildman–Crippen MR) is 102 cm³/mol. The number of hydrogen-bond donors (Lipinski definition) is 1. The average molecular weight is 416 g/mol. The molecule has 29 heavy (non-hydrogen) atoms. The van der Waals surface area contributed by atoms with Crippen LogP contribution in [-0.4, -0.2) is 42.5 Å². The first-order valence-electron chi connectivity index (χ1n) is 9.20. The lowest BCUT2D eigenvalue weighted by atomic mass is 10.1. The number of benzene rings is 1. The highest BCUT2D eigenvalue weighted by molar-refractivity contribution is 7.89. The zero-order valence-electron chi connectivity index (χ0n) is 15.8. The third-order valence-electron chi connectivity index (χ3n) is 4.75. The van der Waals surface area contributed by atoms with Gasteiger partial charge < -0.3 is 13.8 Å². The maximum atomic E-state index is 12.7. The van der Waals surface area contributed by atoms with Gasteiger partial charge in [0.05, 0.1) is 17.7 Å². The number of aromatic nitrogens is 2. The summed E-state index contributed by atoms with van der Waals surface area (Å²) in [6.45, 7) is 3.08. The Morgan fingerprint density at radius 3 is 2.76 bits per heavy atom. The van der Waals surface area contributed by atoms with Crippen LogP contribution in [-0.2, 0) is 16.6 Å². The molecule has 2 aromatic heterocycles. The second-order valence-electron chi connectivity index (χ2n) is 6.81. The summed E-state index contributed by atoms with van der Waals surface area (Å²) in [7, 11) is -3.79. The summed E-state index contributed by atoms with van der Waals surface area (Å²) in [4.78, 5) is 18.3. The Morgan fingerprint density at radius 2 is 2.03 bits per heavy atom. The molecule has 1 saturated heterocycles. The molecule has 4 rings (SSSR count). The molecule has 10 heteroatoms. The summed E-state index contributed by atoms with van der Waals surface area (Å²) in [5.74, 6) is 0.268. The van der Waals surface area contributed by atoms with Crippen molar-refractivity contribution in [3.05, 3.63) is 53.8 Å². The summed E-state index contributed by atoms with van der Waals surface area (Å²) in [5.41, 5.74) is 1.01. The van der Waals surface area contributed by atoms with Crippen molar-refractivity contribution in [1.29, 1.82) is 0 Å². The molecule has 0 saturated carbocycles.